The number of rotatable bonds is 10. The van der Waals surface area contributed by atoms with Crippen molar-refractivity contribution in [3.8, 4) is 11.5 Å². The zero-order chi connectivity index (χ0) is 24.2. The third-order valence-corrected chi connectivity index (χ3v) is 4.27. The van der Waals surface area contributed by atoms with E-state index < -0.39 is 11.8 Å². The second kappa shape index (κ2) is 12.4. The van der Waals surface area contributed by atoms with E-state index in [0.717, 1.165) is 0 Å². The van der Waals surface area contributed by atoms with Crippen molar-refractivity contribution >= 4 is 29.6 Å². The number of benzene rings is 2. The molecule has 0 unspecified atom stereocenters. The van der Waals surface area contributed by atoms with Gasteiger partial charge in [-0.15, -0.1) is 0 Å². The Labute approximate surface area is 195 Å². The van der Waals surface area contributed by atoms with Crippen LogP contribution in [0.1, 0.15) is 18.2 Å². The zero-order valence-corrected chi connectivity index (χ0v) is 18.4. The lowest BCUT2D eigenvalue weighted by molar-refractivity contribution is -0.139. The third-order valence-electron chi connectivity index (χ3n) is 4.27. The number of anilines is 1. The topological polar surface area (TPSA) is 131 Å². The molecular formula is C24H24N4O6. The second-order valence-corrected chi connectivity index (χ2v) is 6.80. The van der Waals surface area contributed by atoms with E-state index >= 15 is 0 Å². The number of amides is 3. The summed E-state index contributed by atoms with van der Waals surface area (Å²) in [5, 5.41) is 8.94. The van der Waals surface area contributed by atoms with E-state index in [-0.39, 0.29) is 19.1 Å². The third kappa shape index (κ3) is 7.52. The summed E-state index contributed by atoms with van der Waals surface area (Å²) in [6, 6.07) is 17.3. The Morgan fingerprint density at radius 1 is 0.971 bits per heavy atom. The van der Waals surface area contributed by atoms with Crippen LogP contribution >= 0.6 is 0 Å². The highest BCUT2D eigenvalue weighted by atomic mass is 16.5. The largest absolute Gasteiger partial charge is 0.490 e. The van der Waals surface area contributed by atoms with Crippen molar-refractivity contribution in [1.29, 1.82) is 0 Å². The van der Waals surface area contributed by atoms with E-state index in [2.05, 4.69) is 21.2 Å². The standard InChI is InChI=1S/C24H24N4O6/c1-2-32-21-13-17(14-26-28-24(31)23(30)25-15-19-9-6-12-33-19)10-11-20(21)34-16-22(29)27-18-7-4-3-5-8-18/h3-14H,2,15-16H2,1H3,(H,25,30)(H,27,29)(H,28,31)/b26-14-. The molecule has 34 heavy (non-hydrogen) atoms. The Bertz CT molecular complexity index is 1130. The molecule has 176 valence electrons. The molecule has 0 radical (unpaired) electrons. The van der Waals surface area contributed by atoms with Gasteiger partial charge in [-0.05, 0) is 55.0 Å². The minimum absolute atomic E-state index is 0.0888. The molecule has 2 aromatic carbocycles. The number of hydrazone groups is 1. The molecule has 0 atom stereocenters. The summed E-state index contributed by atoms with van der Waals surface area (Å²) in [6.45, 7) is 2.07. The summed E-state index contributed by atoms with van der Waals surface area (Å²) in [6.07, 6.45) is 2.82. The molecule has 3 aromatic rings. The average Bonchev–Trinajstić information content (AvgIpc) is 3.36. The van der Waals surface area contributed by atoms with Crippen LogP contribution in [0.25, 0.3) is 0 Å². The van der Waals surface area contributed by atoms with Crippen LogP contribution in [0.15, 0.2) is 76.4 Å². The van der Waals surface area contributed by atoms with E-state index in [9.17, 15) is 14.4 Å². The van der Waals surface area contributed by atoms with Crippen LogP contribution in [0, 0.1) is 0 Å². The van der Waals surface area contributed by atoms with Gasteiger partial charge in [-0.25, -0.2) is 5.43 Å². The molecule has 10 nitrogen and oxygen atoms in total. The van der Waals surface area contributed by atoms with Crippen LogP contribution in [0.3, 0.4) is 0 Å². The predicted molar refractivity (Wildman–Crippen MR) is 124 cm³/mol. The monoisotopic (exact) mass is 464 g/mol. The summed E-state index contributed by atoms with van der Waals surface area (Å²) in [4.78, 5) is 35.8. The highest BCUT2D eigenvalue weighted by Crippen LogP contribution is 2.28. The lowest BCUT2D eigenvalue weighted by Crippen LogP contribution is -2.37. The van der Waals surface area contributed by atoms with Crippen LogP contribution < -0.4 is 25.5 Å². The van der Waals surface area contributed by atoms with E-state index in [1.54, 1.807) is 42.5 Å². The second-order valence-electron chi connectivity index (χ2n) is 6.80. The Balaban J connectivity index is 1.52. The molecule has 0 saturated carbocycles. The van der Waals surface area contributed by atoms with Crippen molar-refractivity contribution in [3.05, 3.63) is 78.3 Å². The summed E-state index contributed by atoms with van der Waals surface area (Å²) in [5.41, 5.74) is 3.41. The first-order chi connectivity index (χ1) is 16.5. The smallest absolute Gasteiger partial charge is 0.329 e. The van der Waals surface area contributed by atoms with Gasteiger partial charge in [0.05, 0.1) is 25.6 Å². The molecule has 0 spiro atoms. The number of para-hydroxylation sites is 1. The van der Waals surface area contributed by atoms with Crippen LogP contribution in [0.4, 0.5) is 5.69 Å². The summed E-state index contributed by atoms with van der Waals surface area (Å²) in [7, 11) is 0. The zero-order valence-electron chi connectivity index (χ0n) is 18.4. The average molecular weight is 464 g/mol. The highest BCUT2D eigenvalue weighted by Gasteiger charge is 2.13. The van der Waals surface area contributed by atoms with Crippen LogP contribution in [0.5, 0.6) is 11.5 Å². The van der Waals surface area contributed by atoms with Crippen molar-refractivity contribution in [2.24, 2.45) is 5.10 Å². The first kappa shape index (κ1) is 24.1. The number of nitrogens with one attached hydrogen (secondary N) is 3. The van der Waals surface area contributed by atoms with Gasteiger partial charge in [-0.1, -0.05) is 18.2 Å². The Morgan fingerprint density at radius 3 is 2.53 bits per heavy atom. The van der Waals surface area contributed by atoms with Gasteiger partial charge in [-0.2, -0.15) is 5.10 Å². The van der Waals surface area contributed by atoms with Crippen LogP contribution in [-0.4, -0.2) is 37.1 Å². The van der Waals surface area contributed by atoms with Crippen LogP contribution in [-0.2, 0) is 20.9 Å². The van der Waals surface area contributed by atoms with E-state index in [0.29, 0.717) is 35.1 Å². The Hall–Kier alpha value is -4.60. The van der Waals surface area contributed by atoms with Crippen LogP contribution in [0.2, 0.25) is 0 Å². The molecule has 0 fully saturated rings. The lowest BCUT2D eigenvalue weighted by atomic mass is 10.2. The molecule has 10 heteroatoms. The van der Waals surface area contributed by atoms with Crippen molar-refractivity contribution in [2.75, 3.05) is 18.5 Å². The summed E-state index contributed by atoms with van der Waals surface area (Å²) >= 11 is 0. The number of hydrogen-bond donors (Lipinski definition) is 3. The molecule has 0 bridgehead atoms. The number of ether oxygens (including phenoxy) is 2. The lowest BCUT2D eigenvalue weighted by Gasteiger charge is -2.12. The molecular weight excluding hydrogens is 440 g/mol. The molecule has 0 saturated heterocycles. The number of carbonyl (C=O) groups excluding carboxylic acids is 3. The quantitative estimate of drug-likeness (QED) is 0.240. The van der Waals surface area contributed by atoms with Crippen molar-refractivity contribution in [1.82, 2.24) is 10.7 Å². The fourth-order valence-electron chi connectivity index (χ4n) is 2.73. The molecule has 0 aliphatic rings. The predicted octanol–water partition coefficient (Wildman–Crippen LogP) is 2.46. The molecule has 0 aliphatic carbocycles. The number of furan rings is 1. The van der Waals surface area contributed by atoms with Gasteiger partial charge in [0.25, 0.3) is 5.91 Å². The van der Waals surface area contributed by atoms with Gasteiger partial charge in [0.1, 0.15) is 5.76 Å². The van der Waals surface area contributed by atoms with E-state index in [1.807, 2.05) is 25.1 Å². The maximum Gasteiger partial charge on any atom is 0.329 e. The van der Waals surface area contributed by atoms with Gasteiger partial charge in [0.2, 0.25) is 0 Å². The van der Waals surface area contributed by atoms with Gasteiger partial charge >= 0.3 is 11.8 Å². The fourth-order valence-corrected chi connectivity index (χ4v) is 2.73. The Kier molecular flexibility index (Phi) is 8.80. The fraction of sp³-hybridized carbons (Fsp3) is 0.167. The minimum atomic E-state index is -0.919. The Morgan fingerprint density at radius 2 is 1.79 bits per heavy atom. The summed E-state index contributed by atoms with van der Waals surface area (Å²) in [5.74, 6) is -0.774. The van der Waals surface area contributed by atoms with Gasteiger partial charge in [-0.3, -0.25) is 14.4 Å². The normalized spacial score (nSPS) is 10.5. The van der Waals surface area contributed by atoms with Crippen molar-refractivity contribution in [3.63, 3.8) is 0 Å². The highest BCUT2D eigenvalue weighted by molar-refractivity contribution is 6.35. The maximum atomic E-state index is 12.1. The first-order valence-corrected chi connectivity index (χ1v) is 10.4. The number of carbonyl (C=O) groups is 3. The SMILES string of the molecule is CCOc1cc(/C=N\NC(=O)C(=O)NCc2ccco2)ccc1OCC(=O)Nc1ccccc1. The maximum absolute atomic E-state index is 12.1. The minimum Gasteiger partial charge on any atom is -0.490 e. The summed E-state index contributed by atoms with van der Waals surface area (Å²) < 4.78 is 16.3. The molecule has 1 aromatic heterocycles. The van der Waals surface area contributed by atoms with Crippen molar-refractivity contribution in [2.45, 2.75) is 13.5 Å². The van der Waals surface area contributed by atoms with Gasteiger partial charge < -0.3 is 24.5 Å². The number of hydrogen-bond acceptors (Lipinski definition) is 7. The molecule has 3 amide bonds. The number of nitrogens with zero attached hydrogens (tertiary/aromatic N) is 1. The molecule has 3 rings (SSSR count). The van der Waals surface area contributed by atoms with Gasteiger partial charge in [0.15, 0.2) is 18.1 Å². The molecule has 1 heterocycles. The van der Waals surface area contributed by atoms with Crippen molar-refractivity contribution < 1.29 is 28.3 Å². The first-order valence-electron chi connectivity index (χ1n) is 10.4. The molecule has 3 N–H and O–H groups in total. The van der Waals surface area contributed by atoms with Gasteiger partial charge in [0, 0.05) is 5.69 Å². The van der Waals surface area contributed by atoms with E-state index in [4.69, 9.17) is 13.9 Å². The van der Waals surface area contributed by atoms with E-state index in [1.165, 1.54) is 12.5 Å². The molecule has 0 aliphatic heterocycles.